The molecule has 0 atom stereocenters. The molecule has 1 fully saturated rings. The lowest BCUT2D eigenvalue weighted by molar-refractivity contribution is -0.121. The number of carbonyl (C=O) groups is 2. The SMILES string of the molecule is CC(C)(C)C1CCC(C(=O)Nc2cccc(C=O)c2)CC1. The van der Waals surface area contributed by atoms with Gasteiger partial charge in [0.05, 0.1) is 0 Å². The van der Waals surface area contributed by atoms with Gasteiger partial charge in [0, 0.05) is 17.2 Å². The van der Waals surface area contributed by atoms with Crippen molar-refractivity contribution in [2.24, 2.45) is 17.3 Å². The molecule has 0 radical (unpaired) electrons. The van der Waals surface area contributed by atoms with E-state index in [0.29, 0.717) is 22.6 Å². The Kier molecular flexibility index (Phi) is 4.81. The first-order valence-corrected chi connectivity index (χ1v) is 7.76. The summed E-state index contributed by atoms with van der Waals surface area (Å²) < 4.78 is 0. The van der Waals surface area contributed by atoms with Crippen LogP contribution >= 0.6 is 0 Å². The first kappa shape index (κ1) is 15.7. The van der Waals surface area contributed by atoms with Gasteiger partial charge in [0.15, 0.2) is 0 Å². The normalized spacial score (nSPS) is 22.6. The molecule has 1 saturated carbocycles. The quantitative estimate of drug-likeness (QED) is 0.843. The number of benzene rings is 1. The summed E-state index contributed by atoms with van der Waals surface area (Å²) >= 11 is 0. The summed E-state index contributed by atoms with van der Waals surface area (Å²) in [5.41, 5.74) is 1.63. The Labute approximate surface area is 127 Å². The lowest BCUT2D eigenvalue weighted by atomic mass is 9.69. The van der Waals surface area contributed by atoms with Crippen LogP contribution in [-0.4, -0.2) is 12.2 Å². The highest BCUT2D eigenvalue weighted by molar-refractivity contribution is 5.93. The average Bonchev–Trinajstić information content (AvgIpc) is 2.46. The van der Waals surface area contributed by atoms with E-state index in [1.165, 1.54) is 0 Å². The van der Waals surface area contributed by atoms with Crippen LogP contribution in [0.5, 0.6) is 0 Å². The summed E-state index contributed by atoms with van der Waals surface area (Å²) in [7, 11) is 0. The topological polar surface area (TPSA) is 46.2 Å². The minimum absolute atomic E-state index is 0.0883. The van der Waals surface area contributed by atoms with Crippen molar-refractivity contribution < 1.29 is 9.59 Å². The minimum Gasteiger partial charge on any atom is -0.326 e. The molecule has 114 valence electrons. The molecule has 2 rings (SSSR count). The van der Waals surface area contributed by atoms with Gasteiger partial charge in [0.25, 0.3) is 0 Å². The number of anilines is 1. The van der Waals surface area contributed by atoms with Gasteiger partial charge in [-0.15, -0.1) is 0 Å². The third-order valence-electron chi connectivity index (χ3n) is 4.61. The molecule has 0 heterocycles. The van der Waals surface area contributed by atoms with E-state index in [0.717, 1.165) is 32.0 Å². The van der Waals surface area contributed by atoms with Crippen molar-refractivity contribution in [3.63, 3.8) is 0 Å². The molecule has 0 spiro atoms. The second kappa shape index (κ2) is 6.42. The second-order valence-electron chi connectivity index (χ2n) is 7.15. The average molecular weight is 287 g/mol. The van der Waals surface area contributed by atoms with Gasteiger partial charge >= 0.3 is 0 Å². The zero-order valence-corrected chi connectivity index (χ0v) is 13.2. The highest BCUT2D eigenvalue weighted by atomic mass is 16.1. The summed E-state index contributed by atoms with van der Waals surface area (Å²) in [5.74, 6) is 0.897. The maximum Gasteiger partial charge on any atom is 0.227 e. The number of carbonyl (C=O) groups excluding carboxylic acids is 2. The van der Waals surface area contributed by atoms with Crippen LogP contribution in [0.15, 0.2) is 24.3 Å². The zero-order chi connectivity index (χ0) is 15.5. The van der Waals surface area contributed by atoms with Crippen molar-refractivity contribution in [3.05, 3.63) is 29.8 Å². The molecular weight excluding hydrogens is 262 g/mol. The van der Waals surface area contributed by atoms with Gasteiger partial charge in [-0.1, -0.05) is 32.9 Å². The fourth-order valence-electron chi connectivity index (χ4n) is 3.16. The molecule has 0 aromatic heterocycles. The summed E-state index contributed by atoms with van der Waals surface area (Å²) in [6.07, 6.45) is 4.96. The van der Waals surface area contributed by atoms with Crippen LogP contribution in [-0.2, 0) is 4.79 Å². The van der Waals surface area contributed by atoms with Crippen molar-refractivity contribution in [3.8, 4) is 0 Å². The smallest absolute Gasteiger partial charge is 0.227 e. The Morgan fingerprint density at radius 2 is 1.86 bits per heavy atom. The van der Waals surface area contributed by atoms with Crippen LogP contribution in [0.4, 0.5) is 5.69 Å². The molecule has 1 aliphatic rings. The number of hydrogen-bond donors (Lipinski definition) is 1. The minimum atomic E-state index is 0.0883. The van der Waals surface area contributed by atoms with E-state index in [1.54, 1.807) is 18.2 Å². The number of rotatable bonds is 3. The largest absolute Gasteiger partial charge is 0.326 e. The molecule has 0 unspecified atom stereocenters. The van der Waals surface area contributed by atoms with Gasteiger partial charge in [-0.2, -0.15) is 0 Å². The predicted molar refractivity (Wildman–Crippen MR) is 85.4 cm³/mol. The highest BCUT2D eigenvalue weighted by Gasteiger charge is 2.32. The Hall–Kier alpha value is -1.64. The molecule has 1 N–H and O–H groups in total. The molecule has 0 saturated heterocycles. The predicted octanol–water partition coefficient (Wildman–Crippen LogP) is 4.29. The molecule has 1 aromatic carbocycles. The number of amides is 1. The molecule has 0 bridgehead atoms. The van der Waals surface area contributed by atoms with Gasteiger partial charge in [0.1, 0.15) is 6.29 Å². The first-order valence-electron chi connectivity index (χ1n) is 7.76. The van der Waals surface area contributed by atoms with E-state index in [2.05, 4.69) is 26.1 Å². The van der Waals surface area contributed by atoms with Crippen LogP contribution < -0.4 is 5.32 Å². The number of hydrogen-bond acceptors (Lipinski definition) is 2. The van der Waals surface area contributed by atoms with Crippen LogP contribution in [0.2, 0.25) is 0 Å². The van der Waals surface area contributed by atoms with Crippen molar-refractivity contribution >= 4 is 17.9 Å². The fraction of sp³-hybridized carbons (Fsp3) is 0.556. The Morgan fingerprint density at radius 3 is 2.43 bits per heavy atom. The Bertz CT molecular complexity index is 508. The number of aldehydes is 1. The van der Waals surface area contributed by atoms with Crippen LogP contribution in [0.3, 0.4) is 0 Å². The molecule has 1 aliphatic carbocycles. The maximum absolute atomic E-state index is 12.3. The summed E-state index contributed by atoms with van der Waals surface area (Å²) in [5, 5.41) is 2.94. The van der Waals surface area contributed by atoms with Gasteiger partial charge in [-0.25, -0.2) is 0 Å². The monoisotopic (exact) mass is 287 g/mol. The maximum atomic E-state index is 12.3. The zero-order valence-electron chi connectivity index (χ0n) is 13.2. The Balaban J connectivity index is 1.91. The summed E-state index contributed by atoms with van der Waals surface area (Å²) in [6.45, 7) is 6.84. The first-order chi connectivity index (χ1) is 9.90. The third kappa shape index (κ3) is 4.16. The van der Waals surface area contributed by atoms with E-state index in [9.17, 15) is 9.59 Å². The molecule has 3 nitrogen and oxygen atoms in total. The van der Waals surface area contributed by atoms with Crippen molar-refractivity contribution in [2.45, 2.75) is 46.5 Å². The van der Waals surface area contributed by atoms with Gasteiger partial charge < -0.3 is 5.32 Å². The van der Waals surface area contributed by atoms with E-state index >= 15 is 0 Å². The van der Waals surface area contributed by atoms with Crippen LogP contribution in [0.25, 0.3) is 0 Å². The van der Waals surface area contributed by atoms with Crippen LogP contribution in [0.1, 0.15) is 56.8 Å². The van der Waals surface area contributed by atoms with Crippen LogP contribution in [0, 0.1) is 17.3 Å². The van der Waals surface area contributed by atoms with Gasteiger partial charge in [-0.05, 0) is 49.1 Å². The van der Waals surface area contributed by atoms with E-state index in [4.69, 9.17) is 0 Å². The van der Waals surface area contributed by atoms with E-state index in [-0.39, 0.29) is 11.8 Å². The molecule has 1 aromatic rings. The molecular formula is C18H25NO2. The molecule has 1 amide bonds. The standard InChI is InChI=1S/C18H25NO2/c1-18(2,3)15-9-7-14(8-10-15)17(21)19-16-6-4-5-13(11-16)12-20/h4-6,11-12,14-15H,7-10H2,1-3H3,(H,19,21). The van der Waals surface area contributed by atoms with Crippen molar-refractivity contribution in [2.75, 3.05) is 5.32 Å². The fourth-order valence-corrected chi connectivity index (χ4v) is 3.16. The van der Waals surface area contributed by atoms with E-state index in [1.807, 2.05) is 6.07 Å². The highest BCUT2D eigenvalue weighted by Crippen LogP contribution is 2.40. The molecule has 21 heavy (non-hydrogen) atoms. The third-order valence-corrected chi connectivity index (χ3v) is 4.61. The lowest BCUT2D eigenvalue weighted by Crippen LogP contribution is -2.31. The van der Waals surface area contributed by atoms with Gasteiger partial charge in [0.2, 0.25) is 5.91 Å². The summed E-state index contributed by atoms with van der Waals surface area (Å²) in [4.78, 5) is 23.1. The Morgan fingerprint density at radius 1 is 1.19 bits per heavy atom. The van der Waals surface area contributed by atoms with Gasteiger partial charge in [-0.3, -0.25) is 9.59 Å². The molecule has 0 aliphatic heterocycles. The van der Waals surface area contributed by atoms with Crippen molar-refractivity contribution in [1.29, 1.82) is 0 Å². The lowest BCUT2D eigenvalue weighted by Gasteiger charge is -2.36. The van der Waals surface area contributed by atoms with Crippen molar-refractivity contribution in [1.82, 2.24) is 0 Å². The summed E-state index contributed by atoms with van der Waals surface area (Å²) in [6, 6.07) is 7.06. The molecule has 3 heteroatoms. The number of nitrogens with one attached hydrogen (secondary N) is 1. The van der Waals surface area contributed by atoms with E-state index < -0.39 is 0 Å². The second-order valence-corrected chi connectivity index (χ2v) is 7.15.